The van der Waals surface area contributed by atoms with Gasteiger partial charge in [-0.2, -0.15) is 0 Å². The van der Waals surface area contributed by atoms with Crippen LogP contribution in [0, 0.1) is 0 Å². The van der Waals surface area contributed by atoms with Crippen LogP contribution in [-0.4, -0.2) is 394 Å². The van der Waals surface area contributed by atoms with Gasteiger partial charge in [0, 0.05) is 47.0 Å². The average molecular weight is 1420 g/mol. The minimum atomic E-state index is -3.67. The van der Waals surface area contributed by atoms with Gasteiger partial charge in [-0.15, -0.1) is 0 Å². The molecule has 0 aliphatic carbocycles. The number of hydrogen-bond acceptors (Lipinski definition) is 37. The number of carbonyl (C=O) groups is 7. The van der Waals surface area contributed by atoms with E-state index in [1.165, 1.54) is 0 Å². The molecule has 558 valence electrons. The number of rotatable bonds is 29. The summed E-state index contributed by atoms with van der Waals surface area (Å²) in [7, 11) is 0. The maximum atomic E-state index is 14.0. The number of amides is 4. The smallest absolute Gasteiger partial charge is 0.364 e. The Morgan fingerprint density at radius 3 is 1.19 bits per heavy atom. The molecule has 44 nitrogen and oxygen atoms in total. The number of carboxylic acids is 3. The van der Waals surface area contributed by atoms with E-state index < -0.39 is 301 Å². The molecule has 97 heavy (non-hydrogen) atoms. The molecule has 26 N–H and O–H groups in total. The van der Waals surface area contributed by atoms with Gasteiger partial charge in [0.2, 0.25) is 23.6 Å². The lowest BCUT2D eigenvalue weighted by molar-refractivity contribution is -0.401. The van der Waals surface area contributed by atoms with Crippen molar-refractivity contribution in [2.45, 2.75) is 248 Å². The minimum Gasteiger partial charge on any atom is -0.477 e. The Morgan fingerprint density at radius 1 is 0.423 bits per heavy atom. The molecule has 4 amide bonds. The van der Waals surface area contributed by atoms with E-state index in [2.05, 4.69) is 21.3 Å². The highest BCUT2D eigenvalue weighted by Gasteiger charge is 2.65. The largest absolute Gasteiger partial charge is 0.477 e. The minimum absolute atomic E-state index is 0.819. The zero-order valence-electron chi connectivity index (χ0n) is 51.9. The molecule has 0 radical (unpaired) electrons. The number of aliphatic hydroxyl groups excluding tert-OH is 19. The highest BCUT2D eigenvalue weighted by Crippen LogP contribution is 2.43. The first-order valence-electron chi connectivity index (χ1n) is 30.0. The molecule has 44 heteroatoms. The van der Waals surface area contributed by atoms with Gasteiger partial charge in [0.15, 0.2) is 18.9 Å². The van der Waals surface area contributed by atoms with Crippen LogP contribution in [0.3, 0.4) is 0 Å². The highest BCUT2D eigenvalue weighted by molar-refractivity contribution is 5.78. The standard InChI is InChI=1S/C53H86N4O40/c1-14(64)54-27-18(68)5-51(48(81)82,94-41(27)31(72)21(71)8-58)92-23(10-60)33(74)42-28(55-15(2)65)19(69)6-52(95-42,49(83)84)93-24(11-61)34(75)43-29(56-16(3)66)20(70)7-53(96-43,50(85)86)97-44-38(79)47(90-39-25(12-62)87-45(80)37(78)36(39)77)89-26(13-63)40(44)91-46-30(57-17(4)67)35(76)32(73)22(9-59)88-46/h18-47,58-63,68-80H,5-13H2,1-4H3,(H,54,64)(H,55,65)(H,56,66)(H,57,67)(H,81,82)(H,83,84)(H,85,86)/t18-,19-,20-,21+,22+,23+,24+,25+,26+,27+,28+,29+,30+,31+,32-,33+,34+,35+,36+,37+,38+,39+,40-,41+,42+,43+,44+,45?,46-,47-,51-,52+,53-/m0/s1. The molecule has 0 bridgehead atoms. The molecule has 0 spiro atoms. The second-order valence-electron chi connectivity index (χ2n) is 24.0. The maximum Gasteiger partial charge on any atom is 0.364 e. The predicted octanol–water partition coefficient (Wildman–Crippen LogP) is -15.9. The van der Waals surface area contributed by atoms with Crippen molar-refractivity contribution in [2.24, 2.45) is 0 Å². The summed E-state index contributed by atoms with van der Waals surface area (Å²) in [5.74, 6) is -21.6. The van der Waals surface area contributed by atoms with Crippen LogP contribution in [0.25, 0.3) is 0 Å². The number of nitrogens with one attached hydrogen (secondary N) is 4. The lowest BCUT2D eigenvalue weighted by Crippen LogP contribution is -2.72. The van der Waals surface area contributed by atoms with Gasteiger partial charge in [-0.1, -0.05) is 0 Å². The molecule has 0 aromatic carbocycles. The van der Waals surface area contributed by atoms with Crippen LogP contribution >= 0.6 is 0 Å². The molecule has 0 aromatic heterocycles. The van der Waals surface area contributed by atoms with Crippen LogP contribution < -0.4 is 21.3 Å². The quantitative estimate of drug-likeness (QED) is 0.0331. The van der Waals surface area contributed by atoms with Crippen molar-refractivity contribution < 1.29 is 198 Å². The Labute approximate surface area is 547 Å². The zero-order chi connectivity index (χ0) is 72.8. The zero-order valence-corrected chi connectivity index (χ0v) is 51.9. The fraction of sp³-hybridized carbons (Fsp3) is 0.868. The fourth-order valence-electron chi connectivity index (χ4n) is 12.2. The van der Waals surface area contributed by atoms with Crippen molar-refractivity contribution in [3.05, 3.63) is 0 Å². The molecule has 6 heterocycles. The van der Waals surface area contributed by atoms with Gasteiger partial charge in [-0.25, -0.2) is 14.4 Å². The molecular formula is C53H86N4O40. The van der Waals surface area contributed by atoms with Gasteiger partial charge in [-0.3, -0.25) is 19.2 Å². The molecule has 33 atom stereocenters. The molecule has 6 aliphatic rings. The van der Waals surface area contributed by atoms with Gasteiger partial charge in [0.25, 0.3) is 17.4 Å². The van der Waals surface area contributed by atoms with Crippen LogP contribution in [-0.2, 0) is 85.7 Å². The Kier molecular flexibility index (Phi) is 28.2. The number of aliphatic carboxylic acids is 3. The van der Waals surface area contributed by atoms with Gasteiger partial charge < -0.3 is 186 Å². The van der Waals surface area contributed by atoms with E-state index in [9.17, 15) is 146 Å². The highest BCUT2D eigenvalue weighted by atomic mass is 16.8. The van der Waals surface area contributed by atoms with Crippen LogP contribution in [0.4, 0.5) is 0 Å². The van der Waals surface area contributed by atoms with Crippen molar-refractivity contribution in [2.75, 3.05) is 39.6 Å². The molecule has 6 saturated heterocycles. The summed E-state index contributed by atoms with van der Waals surface area (Å²) in [6, 6.07) is -7.90. The number of ether oxygens (including phenoxy) is 11. The van der Waals surface area contributed by atoms with Crippen molar-refractivity contribution in [1.29, 1.82) is 0 Å². The topological polar surface area (TPSA) is 714 Å². The Bertz CT molecular complexity index is 2680. The Morgan fingerprint density at radius 2 is 0.794 bits per heavy atom. The first-order valence-corrected chi connectivity index (χ1v) is 30.0. The normalized spacial score (nSPS) is 42.1. The molecular weight excluding hydrogens is 1330 g/mol. The van der Waals surface area contributed by atoms with Crippen LogP contribution in [0.5, 0.6) is 0 Å². The van der Waals surface area contributed by atoms with Gasteiger partial charge in [0.1, 0.15) is 128 Å². The van der Waals surface area contributed by atoms with Crippen molar-refractivity contribution in [3.63, 3.8) is 0 Å². The molecule has 6 aliphatic heterocycles. The van der Waals surface area contributed by atoms with Gasteiger partial charge in [0.05, 0.1) is 76.1 Å². The summed E-state index contributed by atoms with van der Waals surface area (Å²) in [5.41, 5.74) is 0. The summed E-state index contributed by atoms with van der Waals surface area (Å²) >= 11 is 0. The van der Waals surface area contributed by atoms with E-state index in [0.717, 1.165) is 27.7 Å². The van der Waals surface area contributed by atoms with Crippen molar-refractivity contribution in [1.82, 2.24) is 21.3 Å². The molecule has 0 aromatic rings. The summed E-state index contributed by atoms with van der Waals surface area (Å²) in [5, 5.41) is 251. The first kappa shape index (κ1) is 81.1. The van der Waals surface area contributed by atoms with E-state index in [0.29, 0.717) is 0 Å². The molecule has 1 unspecified atom stereocenters. The van der Waals surface area contributed by atoms with Crippen molar-refractivity contribution >= 4 is 41.5 Å². The number of hydrogen-bond donors (Lipinski definition) is 26. The third-order valence-electron chi connectivity index (χ3n) is 17.0. The van der Waals surface area contributed by atoms with Gasteiger partial charge in [-0.05, 0) is 0 Å². The lowest BCUT2D eigenvalue weighted by Gasteiger charge is -2.52. The SMILES string of the molecule is CC(=O)N[C@H]1[C@H](O[C@@H]2[C@H](O[C@]3(C(=O)O)C[C@H](O)[C@@H](NC(C)=O)[C@H]([C@H](O)[C@@H](CO)O[C@]4(C(=O)O)C[C@H](O)[C@@H](NC(C)=O)[C@H]([C@H](O)[C@@H](CO)O[C@@]5(C(=O)O)C[C@H](O)[C@@H](NC(C)=O)[C@H]([C@H](O)[C@H](O)CO)O5)O4)O3)[C@@H](O)[C@H](O[C@H]3[C@H](O)[C@@H](O)C(O)O[C@@H]3CO)O[C@@H]2CO)O[C@H](CO)[C@H](O)[C@@H]1O. The van der Waals surface area contributed by atoms with Gasteiger partial charge >= 0.3 is 17.9 Å². The van der Waals surface area contributed by atoms with Crippen LogP contribution in [0.2, 0.25) is 0 Å². The second-order valence-corrected chi connectivity index (χ2v) is 24.0. The molecule has 0 saturated carbocycles. The van der Waals surface area contributed by atoms with Crippen molar-refractivity contribution in [3.8, 4) is 0 Å². The third kappa shape index (κ3) is 17.7. The summed E-state index contributed by atoms with van der Waals surface area (Å²) < 4.78 is 63.2. The number of carboxylic acid groups (broad SMARTS) is 3. The van der Waals surface area contributed by atoms with Crippen LogP contribution in [0.1, 0.15) is 47.0 Å². The Hall–Kier alpha value is -4.91. The van der Waals surface area contributed by atoms with E-state index in [-0.39, 0.29) is 0 Å². The predicted molar refractivity (Wildman–Crippen MR) is 297 cm³/mol. The van der Waals surface area contributed by atoms with E-state index in [1.807, 2.05) is 0 Å². The molecule has 6 fully saturated rings. The fourth-order valence-corrected chi connectivity index (χ4v) is 12.2. The average Bonchev–Trinajstić information content (AvgIpc) is 0.749. The number of carbonyl (C=O) groups excluding carboxylic acids is 4. The maximum absolute atomic E-state index is 14.0. The number of aliphatic hydroxyl groups is 19. The monoisotopic (exact) mass is 1420 g/mol. The third-order valence-corrected chi connectivity index (χ3v) is 17.0. The Balaban J connectivity index is 1.42. The van der Waals surface area contributed by atoms with Crippen LogP contribution in [0.15, 0.2) is 0 Å². The molecule has 6 rings (SSSR count). The van der Waals surface area contributed by atoms with E-state index in [4.69, 9.17) is 52.1 Å². The first-order chi connectivity index (χ1) is 45.4. The summed E-state index contributed by atoms with van der Waals surface area (Å²) in [4.78, 5) is 91.0. The summed E-state index contributed by atoms with van der Waals surface area (Å²) in [6.07, 6.45) is -64.5. The van der Waals surface area contributed by atoms with E-state index in [1.54, 1.807) is 0 Å². The van der Waals surface area contributed by atoms with E-state index >= 15 is 0 Å². The summed E-state index contributed by atoms with van der Waals surface area (Å²) in [6.45, 7) is -4.49. The second kappa shape index (κ2) is 33.7. The lowest BCUT2D eigenvalue weighted by atomic mass is 9.86.